The molecule has 166 valence electrons. The van der Waals surface area contributed by atoms with Gasteiger partial charge in [0, 0.05) is 55.6 Å². The number of hydrogen-bond acceptors (Lipinski definition) is 6. The standard InChI is InChI=1S/C25H30N6O/c1-19-12-20(29-15-25(16-29)17-30(18-25)24-7-2-4-10-26-24)8-9-22(19)23-14-31(28-27-23)13-21-6-3-5-11-32-21/h2,4,7-10,12,14,21H,3,5-6,11,13,15-18H2,1H3. The zero-order chi connectivity index (χ0) is 21.5. The van der Waals surface area contributed by atoms with Crippen LogP contribution in [0.2, 0.25) is 0 Å². The Morgan fingerprint density at radius 3 is 2.69 bits per heavy atom. The highest BCUT2D eigenvalue weighted by Gasteiger charge is 2.52. The Bertz CT molecular complexity index is 1080. The van der Waals surface area contributed by atoms with Gasteiger partial charge in [0.2, 0.25) is 0 Å². The number of ether oxygens (including phenoxy) is 1. The number of pyridine rings is 1. The number of nitrogens with zero attached hydrogens (tertiary/aromatic N) is 6. The maximum Gasteiger partial charge on any atom is 0.128 e. The summed E-state index contributed by atoms with van der Waals surface area (Å²) < 4.78 is 7.78. The first-order valence-electron chi connectivity index (χ1n) is 11.7. The lowest BCUT2D eigenvalue weighted by Crippen LogP contribution is -2.72. The lowest BCUT2D eigenvalue weighted by molar-refractivity contribution is 0.00370. The predicted octanol–water partition coefficient (Wildman–Crippen LogP) is 3.54. The average Bonchev–Trinajstić information content (AvgIpc) is 3.21. The Hall–Kier alpha value is -2.93. The van der Waals surface area contributed by atoms with Crippen LogP contribution in [0.25, 0.3) is 11.3 Å². The van der Waals surface area contributed by atoms with E-state index in [9.17, 15) is 0 Å². The normalized spacial score (nSPS) is 22.0. The van der Waals surface area contributed by atoms with Gasteiger partial charge in [-0.15, -0.1) is 5.10 Å². The molecular formula is C25H30N6O. The lowest BCUT2D eigenvalue weighted by atomic mass is 9.72. The summed E-state index contributed by atoms with van der Waals surface area (Å²) in [5.41, 5.74) is 5.07. The first-order chi connectivity index (χ1) is 15.7. The molecule has 0 N–H and O–H groups in total. The van der Waals surface area contributed by atoms with Crippen LogP contribution in [0.3, 0.4) is 0 Å². The highest BCUT2D eigenvalue weighted by molar-refractivity contribution is 5.67. The first kappa shape index (κ1) is 19.7. The monoisotopic (exact) mass is 430 g/mol. The molecule has 7 nitrogen and oxygen atoms in total. The fourth-order valence-corrected chi connectivity index (χ4v) is 5.42. The zero-order valence-corrected chi connectivity index (χ0v) is 18.7. The molecule has 0 saturated carbocycles. The van der Waals surface area contributed by atoms with Gasteiger partial charge in [-0.05, 0) is 56.0 Å². The summed E-state index contributed by atoms with van der Waals surface area (Å²) in [5.74, 6) is 1.10. The van der Waals surface area contributed by atoms with E-state index in [-0.39, 0.29) is 6.10 Å². The minimum absolute atomic E-state index is 0.264. The first-order valence-corrected chi connectivity index (χ1v) is 11.7. The van der Waals surface area contributed by atoms with Crippen molar-refractivity contribution in [3.05, 3.63) is 54.4 Å². The number of aryl methyl sites for hydroxylation is 1. The van der Waals surface area contributed by atoms with E-state index in [0.29, 0.717) is 5.41 Å². The van der Waals surface area contributed by atoms with Crippen LogP contribution >= 0.6 is 0 Å². The summed E-state index contributed by atoms with van der Waals surface area (Å²) in [6, 6.07) is 12.9. The summed E-state index contributed by atoms with van der Waals surface area (Å²) in [6.45, 7) is 8.27. The van der Waals surface area contributed by atoms with E-state index in [1.54, 1.807) is 0 Å². The number of benzene rings is 1. The maximum atomic E-state index is 5.84. The molecule has 1 unspecified atom stereocenters. The van der Waals surface area contributed by atoms with Crippen LogP contribution in [0.1, 0.15) is 24.8 Å². The van der Waals surface area contributed by atoms with E-state index < -0.39 is 0 Å². The van der Waals surface area contributed by atoms with Crippen molar-refractivity contribution in [1.29, 1.82) is 0 Å². The van der Waals surface area contributed by atoms with Gasteiger partial charge < -0.3 is 14.5 Å². The molecule has 7 heteroatoms. The molecule has 3 aliphatic heterocycles. The van der Waals surface area contributed by atoms with E-state index in [4.69, 9.17) is 4.74 Å². The highest BCUT2D eigenvalue weighted by Crippen LogP contribution is 2.43. The van der Waals surface area contributed by atoms with E-state index in [0.717, 1.165) is 62.8 Å². The molecule has 1 atom stereocenters. The Morgan fingerprint density at radius 1 is 1.06 bits per heavy atom. The molecule has 0 radical (unpaired) electrons. The molecule has 3 aromatic rings. The summed E-state index contributed by atoms with van der Waals surface area (Å²) in [5, 5.41) is 8.79. The van der Waals surface area contributed by atoms with E-state index in [1.165, 1.54) is 24.1 Å². The predicted molar refractivity (Wildman–Crippen MR) is 125 cm³/mol. The van der Waals surface area contributed by atoms with Crippen molar-refractivity contribution >= 4 is 11.5 Å². The SMILES string of the molecule is Cc1cc(N2CC3(C2)CN(c2ccccn2)C3)ccc1-c1cn(CC2CCCCO2)nn1. The second-order valence-electron chi connectivity index (χ2n) is 9.71. The molecule has 32 heavy (non-hydrogen) atoms. The third kappa shape index (κ3) is 3.64. The van der Waals surface area contributed by atoms with Gasteiger partial charge in [-0.1, -0.05) is 17.3 Å². The third-order valence-electron chi connectivity index (χ3n) is 7.13. The van der Waals surface area contributed by atoms with Crippen molar-refractivity contribution in [2.75, 3.05) is 42.6 Å². The fourth-order valence-electron chi connectivity index (χ4n) is 5.42. The number of rotatable bonds is 5. The smallest absolute Gasteiger partial charge is 0.128 e. The summed E-state index contributed by atoms with van der Waals surface area (Å²) >= 11 is 0. The van der Waals surface area contributed by atoms with Crippen molar-refractivity contribution in [2.45, 2.75) is 38.8 Å². The molecule has 1 spiro atoms. The molecule has 3 saturated heterocycles. The Labute approximate surface area is 189 Å². The van der Waals surface area contributed by atoms with Gasteiger partial charge in [-0.2, -0.15) is 0 Å². The van der Waals surface area contributed by atoms with Gasteiger partial charge in [0.15, 0.2) is 0 Å². The van der Waals surface area contributed by atoms with Gasteiger partial charge >= 0.3 is 0 Å². The second kappa shape index (κ2) is 7.89. The molecule has 3 fully saturated rings. The third-order valence-corrected chi connectivity index (χ3v) is 7.13. The molecule has 1 aromatic carbocycles. The van der Waals surface area contributed by atoms with Crippen LogP contribution in [0, 0.1) is 12.3 Å². The summed E-state index contributed by atoms with van der Waals surface area (Å²) in [6.07, 6.45) is 7.72. The van der Waals surface area contributed by atoms with Crippen LogP contribution in [-0.2, 0) is 11.3 Å². The molecule has 6 rings (SSSR count). The highest BCUT2D eigenvalue weighted by atomic mass is 16.5. The average molecular weight is 431 g/mol. The van der Waals surface area contributed by atoms with Crippen LogP contribution in [0.15, 0.2) is 48.8 Å². The van der Waals surface area contributed by atoms with E-state index >= 15 is 0 Å². The van der Waals surface area contributed by atoms with Gasteiger partial charge in [-0.3, -0.25) is 0 Å². The number of hydrogen-bond donors (Lipinski definition) is 0. The molecular weight excluding hydrogens is 400 g/mol. The van der Waals surface area contributed by atoms with Gasteiger partial charge in [-0.25, -0.2) is 9.67 Å². The summed E-state index contributed by atoms with van der Waals surface area (Å²) in [7, 11) is 0. The second-order valence-corrected chi connectivity index (χ2v) is 9.71. The quantitative estimate of drug-likeness (QED) is 0.617. The maximum absolute atomic E-state index is 5.84. The molecule has 0 bridgehead atoms. The molecule has 5 heterocycles. The summed E-state index contributed by atoms with van der Waals surface area (Å²) in [4.78, 5) is 9.35. The minimum Gasteiger partial charge on any atom is -0.376 e. The molecule has 0 amide bonds. The van der Waals surface area contributed by atoms with Gasteiger partial charge in [0.25, 0.3) is 0 Å². The lowest BCUT2D eigenvalue weighted by Gasteiger charge is -2.61. The Kier molecular flexibility index (Phi) is 4.86. The molecule has 0 aliphatic carbocycles. The van der Waals surface area contributed by atoms with Crippen LogP contribution in [-0.4, -0.2) is 58.9 Å². The van der Waals surface area contributed by atoms with Gasteiger partial charge in [0.05, 0.1) is 18.8 Å². The fraction of sp³-hybridized carbons (Fsp3) is 0.480. The minimum atomic E-state index is 0.264. The van der Waals surface area contributed by atoms with Crippen LogP contribution in [0.4, 0.5) is 11.5 Å². The van der Waals surface area contributed by atoms with Crippen molar-refractivity contribution in [3.8, 4) is 11.3 Å². The van der Waals surface area contributed by atoms with Crippen molar-refractivity contribution in [2.24, 2.45) is 5.41 Å². The Morgan fingerprint density at radius 2 is 1.94 bits per heavy atom. The van der Waals surface area contributed by atoms with Crippen molar-refractivity contribution in [1.82, 2.24) is 20.0 Å². The largest absolute Gasteiger partial charge is 0.376 e. The van der Waals surface area contributed by atoms with E-state index in [1.807, 2.05) is 16.9 Å². The van der Waals surface area contributed by atoms with E-state index in [2.05, 4.69) is 68.5 Å². The number of anilines is 2. The van der Waals surface area contributed by atoms with Crippen molar-refractivity contribution in [3.63, 3.8) is 0 Å². The van der Waals surface area contributed by atoms with Crippen LogP contribution < -0.4 is 9.80 Å². The number of aromatic nitrogens is 4. The molecule has 2 aromatic heterocycles. The molecule has 3 aliphatic rings. The zero-order valence-electron chi connectivity index (χ0n) is 18.7. The van der Waals surface area contributed by atoms with Gasteiger partial charge in [0.1, 0.15) is 11.5 Å². The van der Waals surface area contributed by atoms with Crippen LogP contribution in [0.5, 0.6) is 0 Å². The van der Waals surface area contributed by atoms with Crippen molar-refractivity contribution < 1.29 is 4.74 Å². The topological polar surface area (TPSA) is 59.3 Å². The Balaban J connectivity index is 1.08.